The highest BCUT2D eigenvalue weighted by atomic mass is 16.7. The summed E-state index contributed by atoms with van der Waals surface area (Å²) in [6.45, 7) is 3.96. The van der Waals surface area contributed by atoms with Crippen molar-refractivity contribution in [2.45, 2.75) is 26.3 Å². The van der Waals surface area contributed by atoms with Crippen LogP contribution < -0.4 is 16.3 Å². The Morgan fingerprint density at radius 3 is 2.84 bits per heavy atom. The minimum Gasteiger partial charge on any atom is -0.382 e. The molecule has 2 aromatic heterocycles. The van der Waals surface area contributed by atoms with Gasteiger partial charge in [0.25, 0.3) is 0 Å². The SMILES string of the molecule is CC(C)C[C@H](N)C(=O)On1cnc2c(N)ncnc21. The van der Waals surface area contributed by atoms with Crippen LogP contribution in [0.25, 0.3) is 11.2 Å². The van der Waals surface area contributed by atoms with E-state index in [9.17, 15) is 4.79 Å². The number of anilines is 1. The molecule has 102 valence electrons. The van der Waals surface area contributed by atoms with Gasteiger partial charge in [-0.15, -0.1) is 4.73 Å². The van der Waals surface area contributed by atoms with Crippen molar-refractivity contribution in [2.24, 2.45) is 11.7 Å². The molecule has 0 aliphatic rings. The van der Waals surface area contributed by atoms with Crippen LogP contribution in [0.4, 0.5) is 5.82 Å². The van der Waals surface area contributed by atoms with Gasteiger partial charge in [0, 0.05) is 0 Å². The number of nitrogens with zero attached hydrogens (tertiary/aromatic N) is 4. The van der Waals surface area contributed by atoms with E-state index in [-0.39, 0.29) is 5.82 Å². The molecule has 1 atom stereocenters. The van der Waals surface area contributed by atoms with E-state index in [1.165, 1.54) is 12.7 Å². The maximum Gasteiger partial charge on any atom is 0.349 e. The molecule has 0 unspecified atom stereocenters. The number of hydrogen-bond donors (Lipinski definition) is 2. The summed E-state index contributed by atoms with van der Waals surface area (Å²) in [5, 5.41) is 0. The van der Waals surface area contributed by atoms with Gasteiger partial charge < -0.3 is 16.3 Å². The third-order valence-electron chi connectivity index (χ3n) is 2.55. The topological polar surface area (TPSA) is 122 Å². The fraction of sp³-hybridized carbons (Fsp3) is 0.455. The Labute approximate surface area is 109 Å². The van der Waals surface area contributed by atoms with E-state index in [0.29, 0.717) is 23.5 Å². The minimum absolute atomic E-state index is 0.228. The number of carbonyl (C=O) groups is 1. The lowest BCUT2D eigenvalue weighted by molar-refractivity contribution is -0.145. The fourth-order valence-electron chi connectivity index (χ4n) is 1.67. The molecule has 8 heteroatoms. The molecule has 2 heterocycles. The third-order valence-corrected chi connectivity index (χ3v) is 2.55. The maximum absolute atomic E-state index is 11.8. The van der Waals surface area contributed by atoms with E-state index in [2.05, 4.69) is 15.0 Å². The summed E-state index contributed by atoms with van der Waals surface area (Å²) in [6.07, 6.45) is 3.13. The maximum atomic E-state index is 11.8. The average molecular weight is 264 g/mol. The zero-order chi connectivity index (χ0) is 14.0. The second-order valence-corrected chi connectivity index (χ2v) is 4.65. The first kappa shape index (κ1) is 13.2. The van der Waals surface area contributed by atoms with Gasteiger partial charge >= 0.3 is 5.97 Å². The Morgan fingerprint density at radius 1 is 1.42 bits per heavy atom. The van der Waals surface area contributed by atoms with Crippen LogP contribution in [0, 0.1) is 5.92 Å². The van der Waals surface area contributed by atoms with Gasteiger partial charge in [0.15, 0.2) is 11.3 Å². The molecule has 0 bridgehead atoms. The highest BCUT2D eigenvalue weighted by molar-refractivity contribution is 5.82. The second-order valence-electron chi connectivity index (χ2n) is 4.65. The standard InChI is InChI=1S/C11H16N6O2/c1-6(2)3-7(12)11(18)19-17-5-16-8-9(13)14-4-15-10(8)17/h4-7H,3,12H2,1-2H3,(H2,13,14,15)/t7-/m0/s1. The lowest BCUT2D eigenvalue weighted by Gasteiger charge is -2.12. The third kappa shape index (κ3) is 2.79. The van der Waals surface area contributed by atoms with Gasteiger partial charge in [0.05, 0.1) is 0 Å². The number of rotatable bonds is 4. The summed E-state index contributed by atoms with van der Waals surface area (Å²) in [5.41, 5.74) is 12.1. The molecule has 2 aromatic rings. The number of nitrogen functional groups attached to an aromatic ring is 1. The molecule has 0 amide bonds. The van der Waals surface area contributed by atoms with Crippen molar-refractivity contribution < 1.29 is 9.63 Å². The van der Waals surface area contributed by atoms with Crippen LogP contribution >= 0.6 is 0 Å². The molecule has 0 saturated heterocycles. The number of fused-ring (bicyclic) bond motifs is 1. The Bertz CT molecular complexity index is 594. The van der Waals surface area contributed by atoms with Gasteiger partial charge in [-0.1, -0.05) is 13.8 Å². The van der Waals surface area contributed by atoms with Crippen molar-refractivity contribution >= 4 is 23.0 Å². The normalized spacial score (nSPS) is 12.8. The number of nitrogens with two attached hydrogens (primary N) is 2. The average Bonchev–Trinajstić information content (AvgIpc) is 2.73. The van der Waals surface area contributed by atoms with Crippen LogP contribution in [0.1, 0.15) is 20.3 Å². The summed E-state index contributed by atoms with van der Waals surface area (Å²) >= 11 is 0. The van der Waals surface area contributed by atoms with Crippen molar-refractivity contribution in [3.8, 4) is 0 Å². The molecule has 0 spiro atoms. The van der Waals surface area contributed by atoms with Gasteiger partial charge in [-0.2, -0.15) is 0 Å². The van der Waals surface area contributed by atoms with Crippen molar-refractivity contribution in [3.05, 3.63) is 12.7 Å². The highest BCUT2D eigenvalue weighted by Gasteiger charge is 2.19. The molecule has 8 nitrogen and oxygen atoms in total. The molecule has 19 heavy (non-hydrogen) atoms. The van der Waals surface area contributed by atoms with E-state index in [4.69, 9.17) is 16.3 Å². The van der Waals surface area contributed by atoms with Gasteiger partial charge in [-0.3, -0.25) is 0 Å². The number of hydrogen-bond acceptors (Lipinski definition) is 7. The molecular weight excluding hydrogens is 248 g/mol. The molecule has 0 fully saturated rings. The molecular formula is C11H16N6O2. The van der Waals surface area contributed by atoms with E-state index < -0.39 is 12.0 Å². The van der Waals surface area contributed by atoms with Gasteiger partial charge in [0.1, 0.15) is 18.7 Å². The molecule has 4 N–H and O–H groups in total. The van der Waals surface area contributed by atoms with Crippen LogP contribution in [0.15, 0.2) is 12.7 Å². The second kappa shape index (κ2) is 5.19. The predicted molar refractivity (Wildman–Crippen MR) is 68.8 cm³/mol. The number of carbonyl (C=O) groups excluding carboxylic acids is 1. The highest BCUT2D eigenvalue weighted by Crippen LogP contribution is 2.13. The quantitative estimate of drug-likeness (QED) is 0.779. The molecule has 0 saturated carbocycles. The smallest absolute Gasteiger partial charge is 0.349 e. The van der Waals surface area contributed by atoms with Crippen LogP contribution in [0.2, 0.25) is 0 Å². The molecule has 0 aromatic carbocycles. The van der Waals surface area contributed by atoms with Crippen LogP contribution in [-0.4, -0.2) is 31.7 Å². The van der Waals surface area contributed by atoms with E-state index in [0.717, 1.165) is 4.73 Å². The van der Waals surface area contributed by atoms with Gasteiger partial charge in [-0.05, 0) is 12.3 Å². The van der Waals surface area contributed by atoms with Crippen molar-refractivity contribution in [2.75, 3.05) is 5.73 Å². The Balaban J connectivity index is 2.18. The molecule has 0 aliphatic heterocycles. The van der Waals surface area contributed by atoms with Crippen LogP contribution in [-0.2, 0) is 4.79 Å². The summed E-state index contributed by atoms with van der Waals surface area (Å²) in [5.74, 6) is -0.00323. The zero-order valence-electron chi connectivity index (χ0n) is 10.8. The summed E-state index contributed by atoms with van der Waals surface area (Å²) < 4.78 is 1.15. The van der Waals surface area contributed by atoms with Crippen LogP contribution in [0.5, 0.6) is 0 Å². The fourth-order valence-corrected chi connectivity index (χ4v) is 1.67. The first-order valence-corrected chi connectivity index (χ1v) is 5.90. The van der Waals surface area contributed by atoms with E-state index in [1.807, 2.05) is 13.8 Å². The molecule has 0 radical (unpaired) electrons. The van der Waals surface area contributed by atoms with Gasteiger partial charge in [0.2, 0.25) is 5.65 Å². The summed E-state index contributed by atoms with van der Waals surface area (Å²) in [6, 6.07) is -0.684. The lowest BCUT2D eigenvalue weighted by atomic mass is 10.1. The zero-order valence-corrected chi connectivity index (χ0v) is 10.8. The van der Waals surface area contributed by atoms with E-state index in [1.54, 1.807) is 0 Å². The van der Waals surface area contributed by atoms with E-state index >= 15 is 0 Å². The number of aromatic nitrogens is 4. The monoisotopic (exact) mass is 264 g/mol. The Morgan fingerprint density at radius 2 is 2.16 bits per heavy atom. The Kier molecular flexibility index (Phi) is 3.61. The molecule has 0 aliphatic carbocycles. The number of imidazole rings is 1. The Hall–Kier alpha value is -2.22. The van der Waals surface area contributed by atoms with Crippen molar-refractivity contribution in [1.29, 1.82) is 0 Å². The van der Waals surface area contributed by atoms with Gasteiger partial charge in [-0.25, -0.2) is 19.7 Å². The summed E-state index contributed by atoms with van der Waals surface area (Å²) in [4.78, 5) is 28.7. The van der Waals surface area contributed by atoms with Crippen LogP contribution in [0.3, 0.4) is 0 Å². The lowest BCUT2D eigenvalue weighted by Crippen LogP contribution is -2.38. The predicted octanol–water partition coefficient (Wildman–Crippen LogP) is -0.263. The first-order chi connectivity index (χ1) is 8.99. The van der Waals surface area contributed by atoms with Crippen molar-refractivity contribution in [3.63, 3.8) is 0 Å². The van der Waals surface area contributed by atoms with Crippen molar-refractivity contribution in [1.82, 2.24) is 19.7 Å². The first-order valence-electron chi connectivity index (χ1n) is 5.90. The summed E-state index contributed by atoms with van der Waals surface area (Å²) in [7, 11) is 0. The minimum atomic E-state index is -0.684. The molecule has 2 rings (SSSR count). The largest absolute Gasteiger partial charge is 0.382 e.